The number of aromatic nitrogens is 2. The van der Waals surface area contributed by atoms with Crippen molar-refractivity contribution in [1.29, 1.82) is 0 Å². The van der Waals surface area contributed by atoms with Gasteiger partial charge < -0.3 is 15.4 Å². The van der Waals surface area contributed by atoms with Crippen molar-refractivity contribution in [2.45, 2.75) is 39.1 Å². The van der Waals surface area contributed by atoms with Crippen LogP contribution in [0.15, 0.2) is 54.7 Å². The van der Waals surface area contributed by atoms with Crippen LogP contribution in [0, 0.1) is 0 Å². The topological polar surface area (TPSA) is 73.4 Å². The predicted octanol–water partition coefficient (Wildman–Crippen LogP) is 3.67. The number of carbonyl (C=O) groups is 1. The number of carbonyl (C=O) groups excluding carboxylic acids is 1. The van der Waals surface area contributed by atoms with Gasteiger partial charge in [0, 0.05) is 36.8 Å². The van der Waals surface area contributed by atoms with E-state index in [0.29, 0.717) is 19.7 Å². The molecule has 0 unspecified atom stereocenters. The average molecular weight is 405 g/mol. The zero-order valence-electron chi connectivity index (χ0n) is 17.7. The average Bonchev–Trinajstić information content (AvgIpc) is 3.27. The number of hydrogen-bond donors (Lipinski definition) is 1. The maximum atomic E-state index is 13.1. The summed E-state index contributed by atoms with van der Waals surface area (Å²) < 4.78 is 7.66. The number of fused-ring (bicyclic) bond motifs is 1. The molecule has 1 amide bonds. The lowest BCUT2D eigenvalue weighted by molar-refractivity contribution is 0.0659. The monoisotopic (exact) mass is 404 g/mol. The number of nitrogens with two attached hydrogens (primary N) is 1. The molecule has 0 spiro atoms. The molecule has 156 valence electrons. The number of nitrogens with zero attached hydrogens (tertiary/aromatic N) is 3. The largest absolute Gasteiger partial charge is 0.374 e. The SMILES string of the molecule is CC(C)OCc1cnn(C)c1-c1ccc2c(c1)CN([C@@H](CN)c1ccccc1)C2=O. The molecule has 1 atom stereocenters. The normalized spacial score (nSPS) is 14.4. The molecule has 3 aromatic rings. The smallest absolute Gasteiger partial charge is 0.255 e. The number of rotatable bonds is 7. The molecule has 0 fully saturated rings. The summed E-state index contributed by atoms with van der Waals surface area (Å²) in [6.45, 7) is 5.48. The number of ether oxygens (including phenoxy) is 1. The van der Waals surface area contributed by atoms with Crippen LogP contribution < -0.4 is 5.73 Å². The Morgan fingerprint density at radius 1 is 1.17 bits per heavy atom. The zero-order chi connectivity index (χ0) is 21.3. The fourth-order valence-electron chi connectivity index (χ4n) is 4.08. The third-order valence-corrected chi connectivity index (χ3v) is 5.58. The second kappa shape index (κ2) is 8.42. The van der Waals surface area contributed by atoms with E-state index < -0.39 is 0 Å². The van der Waals surface area contributed by atoms with Crippen LogP contribution in [0.5, 0.6) is 0 Å². The molecule has 6 nitrogen and oxygen atoms in total. The fraction of sp³-hybridized carbons (Fsp3) is 0.333. The Balaban J connectivity index is 1.64. The van der Waals surface area contributed by atoms with E-state index in [0.717, 1.165) is 33.5 Å². The minimum Gasteiger partial charge on any atom is -0.374 e. The Morgan fingerprint density at radius 3 is 2.63 bits per heavy atom. The van der Waals surface area contributed by atoms with Crippen LogP contribution >= 0.6 is 0 Å². The van der Waals surface area contributed by atoms with E-state index in [1.807, 2.05) is 79.1 Å². The van der Waals surface area contributed by atoms with Crippen molar-refractivity contribution < 1.29 is 9.53 Å². The van der Waals surface area contributed by atoms with Gasteiger partial charge in [-0.05, 0) is 37.1 Å². The number of amides is 1. The first-order valence-corrected chi connectivity index (χ1v) is 10.3. The minimum absolute atomic E-state index is 0.0317. The molecule has 30 heavy (non-hydrogen) atoms. The Morgan fingerprint density at radius 2 is 1.93 bits per heavy atom. The van der Waals surface area contributed by atoms with Crippen LogP contribution in [0.3, 0.4) is 0 Å². The van der Waals surface area contributed by atoms with Crippen LogP contribution in [0.1, 0.15) is 46.9 Å². The van der Waals surface area contributed by atoms with E-state index in [1.54, 1.807) is 0 Å². The van der Waals surface area contributed by atoms with Crippen molar-refractivity contribution in [3.05, 3.63) is 77.0 Å². The first kappa shape index (κ1) is 20.3. The predicted molar refractivity (Wildman–Crippen MR) is 117 cm³/mol. The molecule has 4 rings (SSSR count). The molecule has 0 aliphatic carbocycles. The summed E-state index contributed by atoms with van der Waals surface area (Å²) in [6, 6.07) is 15.9. The van der Waals surface area contributed by atoms with Gasteiger partial charge in [-0.2, -0.15) is 5.10 Å². The van der Waals surface area contributed by atoms with E-state index in [-0.39, 0.29) is 18.1 Å². The van der Waals surface area contributed by atoms with Gasteiger partial charge in [0.15, 0.2) is 0 Å². The van der Waals surface area contributed by atoms with Crippen molar-refractivity contribution in [3.8, 4) is 11.3 Å². The Hall–Kier alpha value is -2.96. The van der Waals surface area contributed by atoms with Crippen molar-refractivity contribution in [2.75, 3.05) is 6.54 Å². The van der Waals surface area contributed by atoms with Gasteiger partial charge >= 0.3 is 0 Å². The molecule has 0 saturated heterocycles. The van der Waals surface area contributed by atoms with Gasteiger partial charge in [0.1, 0.15) is 0 Å². The molecule has 1 aliphatic heterocycles. The van der Waals surface area contributed by atoms with Gasteiger partial charge in [0.25, 0.3) is 5.91 Å². The lowest BCUT2D eigenvalue weighted by Gasteiger charge is -2.27. The van der Waals surface area contributed by atoms with Gasteiger partial charge in [0.05, 0.1) is 30.6 Å². The first-order valence-electron chi connectivity index (χ1n) is 10.3. The Bertz CT molecular complexity index is 1040. The van der Waals surface area contributed by atoms with Crippen LogP contribution in [0.25, 0.3) is 11.3 Å². The van der Waals surface area contributed by atoms with Crippen LogP contribution in [0.4, 0.5) is 0 Å². The van der Waals surface area contributed by atoms with E-state index >= 15 is 0 Å². The summed E-state index contributed by atoms with van der Waals surface area (Å²) in [4.78, 5) is 15.0. The summed E-state index contributed by atoms with van der Waals surface area (Å²) in [7, 11) is 1.93. The summed E-state index contributed by atoms with van der Waals surface area (Å²) in [6.07, 6.45) is 2.00. The summed E-state index contributed by atoms with van der Waals surface area (Å²) in [5.74, 6) is 0.0317. The molecule has 1 aliphatic rings. The van der Waals surface area contributed by atoms with Crippen molar-refractivity contribution in [3.63, 3.8) is 0 Å². The number of hydrogen-bond acceptors (Lipinski definition) is 4. The second-order valence-corrected chi connectivity index (χ2v) is 7.97. The zero-order valence-corrected chi connectivity index (χ0v) is 17.7. The maximum absolute atomic E-state index is 13.1. The standard InChI is InChI=1S/C24H28N4O2/c1-16(2)30-15-20-13-26-27(3)23(20)18-9-10-21-19(11-18)14-28(24(21)29)22(12-25)17-7-5-4-6-8-17/h4-11,13,16,22H,12,14-15,25H2,1-3H3/t22-/m0/s1. The van der Waals surface area contributed by atoms with Gasteiger partial charge in [-0.25, -0.2) is 0 Å². The van der Waals surface area contributed by atoms with Gasteiger partial charge in [-0.3, -0.25) is 9.48 Å². The van der Waals surface area contributed by atoms with Crippen LogP contribution in [0.2, 0.25) is 0 Å². The molecule has 6 heteroatoms. The van der Waals surface area contributed by atoms with Gasteiger partial charge in [0.2, 0.25) is 0 Å². The van der Waals surface area contributed by atoms with Gasteiger partial charge in [-0.15, -0.1) is 0 Å². The van der Waals surface area contributed by atoms with Crippen LogP contribution in [-0.2, 0) is 24.9 Å². The molecular weight excluding hydrogens is 376 g/mol. The van der Waals surface area contributed by atoms with Crippen molar-refractivity contribution in [1.82, 2.24) is 14.7 Å². The highest BCUT2D eigenvalue weighted by Gasteiger charge is 2.33. The molecule has 0 radical (unpaired) electrons. The summed E-state index contributed by atoms with van der Waals surface area (Å²) in [5.41, 5.74) is 12.0. The van der Waals surface area contributed by atoms with E-state index in [9.17, 15) is 4.79 Å². The number of benzene rings is 2. The Labute approximate surface area is 177 Å². The first-order chi connectivity index (χ1) is 14.5. The summed E-state index contributed by atoms with van der Waals surface area (Å²) >= 11 is 0. The van der Waals surface area contributed by atoms with Gasteiger partial charge in [-0.1, -0.05) is 36.4 Å². The Kier molecular flexibility index (Phi) is 5.70. The third kappa shape index (κ3) is 3.76. The van der Waals surface area contributed by atoms with E-state index in [2.05, 4.69) is 11.2 Å². The van der Waals surface area contributed by atoms with Crippen molar-refractivity contribution >= 4 is 5.91 Å². The van der Waals surface area contributed by atoms with Crippen LogP contribution in [-0.4, -0.2) is 33.2 Å². The van der Waals surface area contributed by atoms with E-state index in [1.165, 1.54) is 0 Å². The molecule has 0 bridgehead atoms. The van der Waals surface area contributed by atoms with E-state index in [4.69, 9.17) is 10.5 Å². The summed E-state index contributed by atoms with van der Waals surface area (Å²) in [5, 5.41) is 4.42. The number of aryl methyl sites for hydroxylation is 1. The molecule has 2 N–H and O–H groups in total. The fourth-order valence-corrected chi connectivity index (χ4v) is 4.08. The quantitative estimate of drug-likeness (QED) is 0.652. The third-order valence-electron chi connectivity index (χ3n) is 5.58. The maximum Gasteiger partial charge on any atom is 0.255 e. The molecule has 2 heterocycles. The highest BCUT2D eigenvalue weighted by atomic mass is 16.5. The lowest BCUT2D eigenvalue weighted by atomic mass is 10.0. The lowest BCUT2D eigenvalue weighted by Crippen LogP contribution is -2.34. The molecule has 0 saturated carbocycles. The minimum atomic E-state index is -0.138. The molecule has 1 aromatic heterocycles. The highest BCUT2D eigenvalue weighted by Crippen LogP contribution is 2.34. The van der Waals surface area contributed by atoms with Crippen molar-refractivity contribution in [2.24, 2.45) is 12.8 Å². The molecular formula is C24H28N4O2. The second-order valence-electron chi connectivity index (χ2n) is 7.97. The highest BCUT2D eigenvalue weighted by molar-refractivity contribution is 5.99. The molecule has 2 aromatic carbocycles.